The van der Waals surface area contributed by atoms with Gasteiger partial charge in [-0.15, -0.1) is 0 Å². The zero-order valence-electron chi connectivity index (χ0n) is 12.9. The predicted molar refractivity (Wildman–Crippen MR) is 95.8 cm³/mol. The highest BCUT2D eigenvalue weighted by molar-refractivity contribution is 14.1. The second-order valence-corrected chi connectivity index (χ2v) is 7.15. The van der Waals surface area contributed by atoms with Crippen LogP contribution in [0.1, 0.15) is 25.3 Å². The van der Waals surface area contributed by atoms with Gasteiger partial charge in [0, 0.05) is 10.3 Å². The van der Waals surface area contributed by atoms with Gasteiger partial charge in [0.2, 0.25) is 0 Å². The Morgan fingerprint density at radius 3 is 2.55 bits per heavy atom. The number of benzene rings is 2. The normalized spacial score (nSPS) is 23.5. The van der Waals surface area contributed by atoms with E-state index in [0.29, 0.717) is 0 Å². The number of alkyl halides is 1. The van der Waals surface area contributed by atoms with Gasteiger partial charge in [0.15, 0.2) is 0 Å². The molecule has 0 unspecified atom stereocenters. The number of carbonyl (C=O) groups excluding carboxylic acids is 1. The molecule has 0 N–H and O–H groups in total. The van der Waals surface area contributed by atoms with Gasteiger partial charge >= 0.3 is 5.97 Å². The fourth-order valence-corrected chi connectivity index (χ4v) is 3.95. The molecule has 0 amide bonds. The molecule has 1 fully saturated rings. The van der Waals surface area contributed by atoms with Crippen molar-refractivity contribution in [1.29, 1.82) is 0 Å². The topological polar surface area (TPSA) is 35.5 Å². The lowest BCUT2D eigenvalue weighted by Crippen LogP contribution is -2.27. The molecule has 3 nitrogen and oxygen atoms in total. The van der Waals surface area contributed by atoms with Crippen molar-refractivity contribution in [2.75, 3.05) is 11.5 Å². The summed E-state index contributed by atoms with van der Waals surface area (Å²) in [4.78, 5) is 12.2. The van der Waals surface area contributed by atoms with Crippen LogP contribution in [0.2, 0.25) is 0 Å². The summed E-state index contributed by atoms with van der Waals surface area (Å²) in [6, 6.07) is 12.4. The molecule has 1 aliphatic heterocycles. The maximum Gasteiger partial charge on any atom is 0.312 e. The van der Waals surface area contributed by atoms with E-state index in [1.54, 1.807) is 7.11 Å². The zero-order valence-corrected chi connectivity index (χ0v) is 15.1. The van der Waals surface area contributed by atoms with Crippen LogP contribution in [0, 0.1) is 5.41 Å². The Bertz CT molecular complexity index is 723. The first-order valence-corrected chi connectivity index (χ1v) is 8.84. The summed E-state index contributed by atoms with van der Waals surface area (Å²) in [5.41, 5.74) is 0.672. The van der Waals surface area contributed by atoms with E-state index in [0.717, 1.165) is 26.5 Å². The van der Waals surface area contributed by atoms with Crippen LogP contribution in [0.15, 0.2) is 36.4 Å². The summed E-state index contributed by atoms with van der Waals surface area (Å²) in [7, 11) is 1.67. The summed E-state index contributed by atoms with van der Waals surface area (Å²) in [5.74, 6) is 0.836. The number of ether oxygens (including phenoxy) is 2. The number of rotatable bonds is 3. The lowest BCUT2D eigenvalue weighted by molar-refractivity contribution is -0.146. The first-order chi connectivity index (χ1) is 10.5. The zero-order chi connectivity index (χ0) is 15.9. The summed E-state index contributed by atoms with van der Waals surface area (Å²) in [6.07, 6.45) is -0.0567. The molecule has 4 heteroatoms. The Balaban J connectivity index is 2.07. The smallest absolute Gasteiger partial charge is 0.312 e. The van der Waals surface area contributed by atoms with Crippen LogP contribution in [-0.2, 0) is 9.53 Å². The molecule has 1 aliphatic rings. The second-order valence-electron chi connectivity index (χ2n) is 6.27. The molecule has 2 aromatic rings. The van der Waals surface area contributed by atoms with Crippen molar-refractivity contribution in [3.05, 3.63) is 42.0 Å². The van der Waals surface area contributed by atoms with Gasteiger partial charge in [0.1, 0.15) is 11.9 Å². The van der Waals surface area contributed by atoms with Gasteiger partial charge in [-0.05, 0) is 42.3 Å². The number of halogens is 1. The molecular weight excluding hydrogens is 391 g/mol. The molecule has 22 heavy (non-hydrogen) atoms. The highest BCUT2D eigenvalue weighted by Gasteiger charge is 2.51. The first kappa shape index (κ1) is 15.6. The largest absolute Gasteiger partial charge is 0.497 e. The summed E-state index contributed by atoms with van der Waals surface area (Å²) >= 11 is 2.29. The van der Waals surface area contributed by atoms with Crippen molar-refractivity contribution in [3.8, 4) is 5.75 Å². The van der Waals surface area contributed by atoms with Crippen molar-refractivity contribution in [1.82, 2.24) is 0 Å². The molecule has 0 spiro atoms. The monoisotopic (exact) mass is 410 g/mol. The van der Waals surface area contributed by atoms with Gasteiger partial charge in [0.05, 0.1) is 12.5 Å². The van der Waals surface area contributed by atoms with Gasteiger partial charge in [-0.3, -0.25) is 4.79 Å². The fraction of sp³-hybridized carbons (Fsp3) is 0.389. The minimum absolute atomic E-state index is 0.0567. The van der Waals surface area contributed by atoms with Crippen LogP contribution in [0.5, 0.6) is 5.75 Å². The Kier molecular flexibility index (Phi) is 4.05. The molecule has 0 aromatic heterocycles. The van der Waals surface area contributed by atoms with Gasteiger partial charge < -0.3 is 9.47 Å². The van der Waals surface area contributed by atoms with E-state index < -0.39 is 5.41 Å². The van der Waals surface area contributed by atoms with Gasteiger partial charge in [-0.1, -0.05) is 46.9 Å². The highest BCUT2D eigenvalue weighted by atomic mass is 127. The Morgan fingerprint density at radius 2 is 1.86 bits per heavy atom. The van der Waals surface area contributed by atoms with Crippen LogP contribution in [0.4, 0.5) is 0 Å². The predicted octanol–water partition coefficient (Wildman–Crippen LogP) is 4.32. The maximum absolute atomic E-state index is 12.2. The van der Waals surface area contributed by atoms with Crippen LogP contribution < -0.4 is 4.74 Å². The Morgan fingerprint density at radius 1 is 1.18 bits per heavy atom. The average Bonchev–Trinajstić information content (AvgIpc) is 2.75. The van der Waals surface area contributed by atoms with E-state index in [4.69, 9.17) is 9.47 Å². The van der Waals surface area contributed by atoms with E-state index in [2.05, 4.69) is 46.9 Å². The maximum atomic E-state index is 12.2. The number of hydrogen-bond acceptors (Lipinski definition) is 3. The molecule has 0 aliphatic carbocycles. The fourth-order valence-electron chi connectivity index (χ4n) is 3.26. The van der Waals surface area contributed by atoms with Crippen molar-refractivity contribution >= 4 is 39.3 Å². The molecular formula is C18H19IO3. The number of fused-ring (bicyclic) bond motifs is 1. The molecule has 116 valence electrons. The third-order valence-corrected chi connectivity index (χ3v) is 5.38. The highest BCUT2D eigenvalue weighted by Crippen LogP contribution is 2.47. The number of hydrogen-bond donors (Lipinski definition) is 0. The number of methoxy groups -OCH3 is 1. The molecule has 2 atom stereocenters. The summed E-state index contributed by atoms with van der Waals surface area (Å²) in [5, 5.41) is 2.29. The molecule has 1 saturated heterocycles. The summed E-state index contributed by atoms with van der Waals surface area (Å²) < 4.78 is 11.6. The van der Waals surface area contributed by atoms with Crippen LogP contribution in [0.3, 0.4) is 0 Å². The first-order valence-electron chi connectivity index (χ1n) is 7.32. The molecule has 1 heterocycles. The standard InChI is InChI=1S/C18H19IO3/c1-18(2)16(15(10-19)22-17(18)20)13-5-4-12-9-14(21-3)7-6-11(12)8-13/h4-9,15-16H,10H2,1-3H3/t15-,16+/m1/s1. The van der Waals surface area contributed by atoms with Gasteiger partial charge in [-0.25, -0.2) is 0 Å². The van der Waals surface area contributed by atoms with E-state index in [-0.39, 0.29) is 18.0 Å². The van der Waals surface area contributed by atoms with Gasteiger partial charge in [0.25, 0.3) is 0 Å². The lowest BCUT2D eigenvalue weighted by Gasteiger charge is -2.25. The summed E-state index contributed by atoms with van der Waals surface area (Å²) in [6.45, 7) is 3.95. The van der Waals surface area contributed by atoms with E-state index in [1.807, 2.05) is 26.0 Å². The SMILES string of the molecule is COc1ccc2cc([C@H]3[C@@H](CI)OC(=O)C3(C)C)ccc2c1. The third-order valence-electron chi connectivity index (χ3n) is 4.52. The third kappa shape index (κ3) is 2.47. The van der Waals surface area contributed by atoms with E-state index in [1.165, 1.54) is 0 Å². The van der Waals surface area contributed by atoms with Crippen LogP contribution in [0.25, 0.3) is 10.8 Å². The second kappa shape index (κ2) is 5.72. The Hall–Kier alpha value is -1.30. The minimum Gasteiger partial charge on any atom is -0.497 e. The number of cyclic esters (lactones) is 1. The minimum atomic E-state index is -0.490. The molecule has 0 bridgehead atoms. The molecule has 2 aromatic carbocycles. The van der Waals surface area contributed by atoms with Crippen molar-refractivity contribution in [2.24, 2.45) is 5.41 Å². The quantitative estimate of drug-likeness (QED) is 0.430. The van der Waals surface area contributed by atoms with Crippen molar-refractivity contribution in [2.45, 2.75) is 25.9 Å². The molecule has 0 radical (unpaired) electrons. The van der Waals surface area contributed by atoms with Gasteiger partial charge in [-0.2, -0.15) is 0 Å². The molecule has 0 saturated carbocycles. The van der Waals surface area contributed by atoms with E-state index in [9.17, 15) is 4.79 Å². The van der Waals surface area contributed by atoms with Crippen molar-refractivity contribution < 1.29 is 14.3 Å². The van der Waals surface area contributed by atoms with E-state index >= 15 is 0 Å². The lowest BCUT2D eigenvalue weighted by atomic mass is 9.74. The van der Waals surface area contributed by atoms with Crippen LogP contribution >= 0.6 is 22.6 Å². The number of esters is 1. The van der Waals surface area contributed by atoms with Crippen molar-refractivity contribution in [3.63, 3.8) is 0 Å². The van der Waals surface area contributed by atoms with Crippen LogP contribution in [-0.4, -0.2) is 23.6 Å². The molecule has 3 rings (SSSR count). The average molecular weight is 410 g/mol. The Labute approximate surface area is 144 Å². The number of carbonyl (C=O) groups is 1.